The van der Waals surface area contributed by atoms with Crippen molar-refractivity contribution < 1.29 is 9.90 Å². The monoisotopic (exact) mass is 430 g/mol. The van der Waals surface area contributed by atoms with Crippen molar-refractivity contribution in [2.24, 2.45) is 5.73 Å². The van der Waals surface area contributed by atoms with Gasteiger partial charge in [-0.2, -0.15) is 0 Å². The lowest BCUT2D eigenvalue weighted by Crippen LogP contribution is -2.45. The molecule has 2 aromatic carbocycles. The molecule has 1 aromatic heterocycles. The number of amides is 1. The minimum atomic E-state index is -0.671. The van der Waals surface area contributed by atoms with Gasteiger partial charge in [0.15, 0.2) is 0 Å². The van der Waals surface area contributed by atoms with Crippen molar-refractivity contribution in [1.29, 1.82) is 0 Å². The number of benzene rings is 2. The molecule has 0 spiro atoms. The van der Waals surface area contributed by atoms with Crippen LogP contribution in [0.5, 0.6) is 5.75 Å². The summed E-state index contributed by atoms with van der Waals surface area (Å²) in [5.74, 6) is 0.868. The number of hydrogen-bond acceptors (Lipinski definition) is 5. The molecule has 0 radical (unpaired) electrons. The molecular formula is C26H30N4O2. The smallest absolute Gasteiger partial charge is 0.237 e. The molecule has 1 amide bonds. The van der Waals surface area contributed by atoms with Gasteiger partial charge in [0.1, 0.15) is 11.6 Å². The van der Waals surface area contributed by atoms with Gasteiger partial charge in [0.05, 0.1) is 12.1 Å². The number of pyridine rings is 1. The van der Waals surface area contributed by atoms with Crippen LogP contribution in [0.15, 0.2) is 54.7 Å². The summed E-state index contributed by atoms with van der Waals surface area (Å²) in [7, 11) is 0. The van der Waals surface area contributed by atoms with Crippen LogP contribution in [0.4, 0.5) is 5.82 Å². The van der Waals surface area contributed by atoms with Gasteiger partial charge in [0.2, 0.25) is 5.91 Å². The summed E-state index contributed by atoms with van der Waals surface area (Å²) in [6.45, 7) is 4.60. The highest BCUT2D eigenvalue weighted by Gasteiger charge is 2.26. The summed E-state index contributed by atoms with van der Waals surface area (Å²) in [6, 6.07) is 15.0. The first-order chi connectivity index (χ1) is 15.4. The number of phenols is 1. The Morgan fingerprint density at radius 1 is 1.19 bits per heavy atom. The first-order valence-electron chi connectivity index (χ1n) is 11.0. The number of carbonyl (C=O) groups is 1. The van der Waals surface area contributed by atoms with Gasteiger partial charge in [0.25, 0.3) is 0 Å². The fourth-order valence-corrected chi connectivity index (χ4v) is 4.39. The van der Waals surface area contributed by atoms with E-state index < -0.39 is 6.04 Å². The zero-order chi connectivity index (χ0) is 22.7. The van der Waals surface area contributed by atoms with E-state index in [-0.39, 0.29) is 17.7 Å². The Labute approximate surface area is 188 Å². The Bertz CT molecular complexity index is 1090. The Morgan fingerprint density at radius 3 is 2.62 bits per heavy atom. The number of rotatable bonds is 6. The number of aryl methyl sites for hydroxylation is 2. The second-order valence-corrected chi connectivity index (χ2v) is 8.59. The molecule has 0 aliphatic carbocycles. The maximum Gasteiger partial charge on any atom is 0.237 e. The summed E-state index contributed by atoms with van der Waals surface area (Å²) in [6.07, 6.45) is 3.89. The molecule has 6 heteroatoms. The van der Waals surface area contributed by atoms with E-state index in [0.717, 1.165) is 53.0 Å². The highest BCUT2D eigenvalue weighted by atomic mass is 16.3. The van der Waals surface area contributed by atoms with Crippen molar-refractivity contribution in [1.82, 2.24) is 10.3 Å². The number of aromatic nitrogens is 1. The first-order valence-corrected chi connectivity index (χ1v) is 11.0. The van der Waals surface area contributed by atoms with E-state index in [1.165, 1.54) is 5.56 Å². The molecular weight excluding hydrogens is 400 g/mol. The maximum absolute atomic E-state index is 13.0. The lowest BCUT2D eigenvalue weighted by Gasteiger charge is -2.28. The lowest BCUT2D eigenvalue weighted by molar-refractivity contribution is -0.123. The number of nitrogens with one attached hydrogen (secondary N) is 2. The van der Waals surface area contributed by atoms with Crippen molar-refractivity contribution in [2.75, 3.05) is 11.9 Å². The minimum Gasteiger partial charge on any atom is -0.508 e. The minimum absolute atomic E-state index is 0.130. The number of carbonyl (C=O) groups excluding carboxylic acids is 1. The largest absolute Gasteiger partial charge is 0.508 e. The van der Waals surface area contributed by atoms with E-state index in [1.807, 2.05) is 38.2 Å². The van der Waals surface area contributed by atoms with Crippen LogP contribution in [-0.2, 0) is 17.6 Å². The van der Waals surface area contributed by atoms with Crippen LogP contribution >= 0.6 is 0 Å². The second kappa shape index (κ2) is 9.40. The normalized spacial score (nSPS) is 16.0. The van der Waals surface area contributed by atoms with Gasteiger partial charge < -0.3 is 21.5 Å². The van der Waals surface area contributed by atoms with Crippen LogP contribution in [0.1, 0.15) is 45.8 Å². The van der Waals surface area contributed by atoms with Crippen molar-refractivity contribution in [3.8, 4) is 5.75 Å². The first kappa shape index (κ1) is 21.8. The van der Waals surface area contributed by atoms with Crippen LogP contribution in [0.25, 0.3) is 0 Å². The standard InChI is InChI=1S/C26H30N4O2/c1-16-10-20(31)11-17(2)21(16)14-23(27)26(32)30-24-8-9-28-25-22(24)13-19(15-29-25)12-18-6-4-3-5-7-18/h3-7,10-11,13,15,23-24,31H,8-9,12,14,27H2,1-2H3,(H,28,29)(H,30,32). The van der Waals surface area contributed by atoms with E-state index >= 15 is 0 Å². The van der Waals surface area contributed by atoms with Crippen LogP contribution in [0.2, 0.25) is 0 Å². The van der Waals surface area contributed by atoms with Gasteiger partial charge in [-0.25, -0.2) is 4.98 Å². The number of aromatic hydroxyl groups is 1. The van der Waals surface area contributed by atoms with Gasteiger partial charge in [-0.15, -0.1) is 0 Å². The molecule has 32 heavy (non-hydrogen) atoms. The maximum atomic E-state index is 13.0. The third-order valence-corrected chi connectivity index (χ3v) is 6.08. The lowest BCUT2D eigenvalue weighted by atomic mass is 9.94. The highest BCUT2D eigenvalue weighted by Crippen LogP contribution is 2.30. The second-order valence-electron chi connectivity index (χ2n) is 8.59. The van der Waals surface area contributed by atoms with Gasteiger partial charge in [-0.3, -0.25) is 4.79 Å². The molecule has 2 unspecified atom stereocenters. The molecule has 2 atom stereocenters. The van der Waals surface area contributed by atoms with Crippen molar-refractivity contribution in [3.63, 3.8) is 0 Å². The van der Waals surface area contributed by atoms with Crippen LogP contribution in [0, 0.1) is 13.8 Å². The summed E-state index contributed by atoms with van der Waals surface area (Å²) < 4.78 is 0. The number of anilines is 1. The third-order valence-electron chi connectivity index (χ3n) is 6.08. The van der Waals surface area contributed by atoms with Gasteiger partial charge in [-0.05, 0) is 79.1 Å². The molecule has 6 nitrogen and oxygen atoms in total. The molecule has 3 aromatic rings. The molecule has 4 rings (SSSR count). The topological polar surface area (TPSA) is 100 Å². The number of phenolic OH excluding ortho intramolecular Hbond substituents is 1. The van der Waals surface area contributed by atoms with Crippen LogP contribution in [0.3, 0.4) is 0 Å². The number of fused-ring (bicyclic) bond motifs is 1. The summed E-state index contributed by atoms with van der Waals surface area (Å²) in [5.41, 5.74) is 12.5. The number of nitrogens with zero attached hydrogens (tertiary/aromatic N) is 1. The van der Waals surface area contributed by atoms with E-state index in [9.17, 15) is 9.90 Å². The molecule has 1 aliphatic heterocycles. The summed E-state index contributed by atoms with van der Waals surface area (Å²) >= 11 is 0. The molecule has 0 fully saturated rings. The van der Waals surface area contributed by atoms with Gasteiger partial charge >= 0.3 is 0 Å². The predicted octanol–water partition coefficient (Wildman–Crippen LogP) is 3.54. The molecule has 2 heterocycles. The molecule has 0 saturated heterocycles. The molecule has 0 saturated carbocycles. The molecule has 1 aliphatic rings. The Balaban J connectivity index is 1.48. The van der Waals surface area contributed by atoms with E-state index in [2.05, 4.69) is 33.8 Å². The molecule has 166 valence electrons. The van der Waals surface area contributed by atoms with E-state index in [1.54, 1.807) is 12.1 Å². The summed E-state index contributed by atoms with van der Waals surface area (Å²) in [4.78, 5) is 17.6. The zero-order valence-electron chi connectivity index (χ0n) is 18.6. The van der Waals surface area contributed by atoms with E-state index in [4.69, 9.17) is 5.73 Å². The van der Waals surface area contributed by atoms with Crippen molar-refractivity contribution in [3.05, 3.63) is 88.1 Å². The molecule has 0 bridgehead atoms. The van der Waals surface area contributed by atoms with Crippen LogP contribution < -0.4 is 16.4 Å². The highest BCUT2D eigenvalue weighted by molar-refractivity contribution is 5.82. The van der Waals surface area contributed by atoms with Crippen molar-refractivity contribution in [2.45, 2.75) is 45.2 Å². The third kappa shape index (κ3) is 4.92. The summed E-state index contributed by atoms with van der Waals surface area (Å²) in [5, 5.41) is 16.2. The fourth-order valence-electron chi connectivity index (χ4n) is 4.39. The predicted molar refractivity (Wildman–Crippen MR) is 127 cm³/mol. The van der Waals surface area contributed by atoms with E-state index in [0.29, 0.717) is 6.42 Å². The Hall–Kier alpha value is -3.38. The van der Waals surface area contributed by atoms with Crippen LogP contribution in [-0.4, -0.2) is 28.6 Å². The number of hydrogen-bond donors (Lipinski definition) is 4. The average molecular weight is 431 g/mol. The average Bonchev–Trinajstić information content (AvgIpc) is 2.77. The van der Waals surface area contributed by atoms with Gasteiger partial charge in [0, 0.05) is 18.3 Å². The Morgan fingerprint density at radius 2 is 1.91 bits per heavy atom. The fraction of sp³-hybridized carbons (Fsp3) is 0.308. The quantitative estimate of drug-likeness (QED) is 0.479. The molecule has 5 N–H and O–H groups in total. The SMILES string of the molecule is Cc1cc(O)cc(C)c1CC(N)C(=O)NC1CCNc2ncc(Cc3ccccc3)cc21. The van der Waals surface area contributed by atoms with Gasteiger partial charge in [-0.1, -0.05) is 30.3 Å². The zero-order valence-corrected chi connectivity index (χ0v) is 18.6. The number of nitrogens with two attached hydrogens (primary N) is 1. The van der Waals surface area contributed by atoms with Crippen molar-refractivity contribution >= 4 is 11.7 Å². The Kier molecular flexibility index (Phi) is 6.42.